The van der Waals surface area contributed by atoms with Gasteiger partial charge in [0.15, 0.2) is 0 Å². The van der Waals surface area contributed by atoms with Crippen LogP contribution in [0.25, 0.3) is 0 Å². The minimum Gasteiger partial charge on any atom is -0.481 e. The molecule has 0 aliphatic carbocycles. The van der Waals surface area contributed by atoms with E-state index in [1.807, 2.05) is 0 Å². The summed E-state index contributed by atoms with van der Waals surface area (Å²) in [4.78, 5) is 10.5. The van der Waals surface area contributed by atoms with Gasteiger partial charge in [-0.1, -0.05) is 24.3 Å². The summed E-state index contributed by atoms with van der Waals surface area (Å²) in [5.41, 5.74) is 6.67. The summed E-state index contributed by atoms with van der Waals surface area (Å²) in [7, 11) is 0. The molecule has 0 amide bonds. The lowest BCUT2D eigenvalue weighted by molar-refractivity contribution is -0.386. The van der Waals surface area contributed by atoms with Crippen molar-refractivity contribution in [1.29, 1.82) is 5.41 Å². The normalized spacial score (nSPS) is 10.1. The van der Waals surface area contributed by atoms with E-state index in [-0.39, 0.29) is 23.9 Å². The first-order chi connectivity index (χ1) is 9.99. The second kappa shape index (κ2) is 6.36. The Hall–Kier alpha value is -2.41. The van der Waals surface area contributed by atoms with Crippen LogP contribution in [0.2, 0.25) is 0 Å². The molecule has 0 bridgehead atoms. The Morgan fingerprint density at radius 1 is 1.33 bits per heavy atom. The predicted octanol–water partition coefficient (Wildman–Crippen LogP) is 3.22. The second-order valence-corrected chi connectivity index (χ2v) is 5.10. The Morgan fingerprint density at radius 3 is 2.71 bits per heavy atom. The predicted molar refractivity (Wildman–Crippen MR) is 82.6 cm³/mol. The second-order valence-electron chi connectivity index (χ2n) is 4.25. The van der Waals surface area contributed by atoms with Crippen LogP contribution in [-0.4, -0.2) is 10.8 Å². The average molecular weight is 350 g/mol. The molecule has 0 unspecified atom stereocenters. The first kappa shape index (κ1) is 15.0. The van der Waals surface area contributed by atoms with Crippen LogP contribution < -0.4 is 10.5 Å². The minimum absolute atomic E-state index is 0.0382. The molecular weight excluding hydrogens is 338 g/mol. The number of benzene rings is 2. The maximum Gasteiger partial charge on any atom is 0.312 e. The van der Waals surface area contributed by atoms with Crippen LogP contribution in [0.5, 0.6) is 5.75 Å². The number of nitrogen functional groups attached to an aromatic ring is 1. The molecule has 2 aromatic rings. The Labute approximate surface area is 129 Å². The fourth-order valence-electron chi connectivity index (χ4n) is 1.77. The highest BCUT2D eigenvalue weighted by Crippen LogP contribution is 2.35. The molecule has 0 spiro atoms. The SMILES string of the molecule is N=C(N)c1cccc(COc2c(Br)cccc2[N+](=O)[O-])c1. The van der Waals surface area contributed by atoms with Crippen molar-refractivity contribution in [3.05, 3.63) is 68.2 Å². The minimum atomic E-state index is -0.494. The number of nitrogens with two attached hydrogens (primary N) is 1. The van der Waals surface area contributed by atoms with Gasteiger partial charge in [-0.2, -0.15) is 0 Å². The molecule has 6 nitrogen and oxygen atoms in total. The van der Waals surface area contributed by atoms with Gasteiger partial charge in [-0.05, 0) is 33.6 Å². The van der Waals surface area contributed by atoms with E-state index in [0.29, 0.717) is 10.0 Å². The molecule has 0 fully saturated rings. The summed E-state index contributed by atoms with van der Waals surface area (Å²) < 4.78 is 6.06. The third kappa shape index (κ3) is 3.57. The first-order valence-electron chi connectivity index (χ1n) is 5.98. The van der Waals surface area contributed by atoms with Gasteiger partial charge in [-0.15, -0.1) is 0 Å². The molecule has 0 saturated heterocycles. The van der Waals surface area contributed by atoms with E-state index in [9.17, 15) is 10.1 Å². The Morgan fingerprint density at radius 2 is 2.05 bits per heavy atom. The largest absolute Gasteiger partial charge is 0.481 e. The average Bonchev–Trinajstić information content (AvgIpc) is 2.46. The van der Waals surface area contributed by atoms with Gasteiger partial charge in [0.1, 0.15) is 12.4 Å². The van der Waals surface area contributed by atoms with Gasteiger partial charge in [0.25, 0.3) is 0 Å². The zero-order valence-electron chi connectivity index (χ0n) is 10.9. The van der Waals surface area contributed by atoms with Crippen molar-refractivity contribution in [2.75, 3.05) is 0 Å². The van der Waals surface area contributed by atoms with Crippen molar-refractivity contribution in [2.45, 2.75) is 6.61 Å². The lowest BCUT2D eigenvalue weighted by Crippen LogP contribution is -2.11. The van der Waals surface area contributed by atoms with Gasteiger partial charge in [0, 0.05) is 11.6 Å². The quantitative estimate of drug-likeness (QED) is 0.374. The van der Waals surface area contributed by atoms with E-state index >= 15 is 0 Å². The highest BCUT2D eigenvalue weighted by molar-refractivity contribution is 9.10. The van der Waals surface area contributed by atoms with Crippen LogP contribution in [-0.2, 0) is 6.61 Å². The van der Waals surface area contributed by atoms with Gasteiger partial charge in [0.2, 0.25) is 5.75 Å². The van der Waals surface area contributed by atoms with Crippen molar-refractivity contribution < 1.29 is 9.66 Å². The number of para-hydroxylation sites is 1. The number of hydrogen-bond donors (Lipinski definition) is 2. The highest BCUT2D eigenvalue weighted by Gasteiger charge is 2.17. The molecule has 0 aliphatic rings. The molecule has 0 aromatic heterocycles. The molecule has 2 aromatic carbocycles. The maximum absolute atomic E-state index is 11.0. The fourth-order valence-corrected chi connectivity index (χ4v) is 2.24. The Kier molecular flexibility index (Phi) is 4.54. The highest BCUT2D eigenvalue weighted by atomic mass is 79.9. The van der Waals surface area contributed by atoms with Gasteiger partial charge in [0.05, 0.1) is 9.40 Å². The van der Waals surface area contributed by atoms with Crippen molar-refractivity contribution in [1.82, 2.24) is 0 Å². The first-order valence-corrected chi connectivity index (χ1v) is 6.77. The number of nitrogens with zero attached hydrogens (tertiary/aromatic N) is 1. The Bertz CT molecular complexity index is 704. The molecule has 0 saturated carbocycles. The fraction of sp³-hybridized carbons (Fsp3) is 0.0714. The standard InChI is InChI=1S/C14H12BrN3O3/c15-11-5-2-6-12(18(19)20)13(11)21-8-9-3-1-4-10(7-9)14(16)17/h1-7H,8H2,(H3,16,17). The number of rotatable bonds is 5. The monoisotopic (exact) mass is 349 g/mol. The molecule has 0 radical (unpaired) electrons. The Balaban J connectivity index is 2.22. The number of nitrogens with one attached hydrogen (secondary N) is 1. The number of amidine groups is 1. The van der Waals surface area contributed by atoms with Crippen molar-refractivity contribution >= 4 is 27.5 Å². The van der Waals surface area contributed by atoms with E-state index in [1.165, 1.54) is 6.07 Å². The summed E-state index contributed by atoms with van der Waals surface area (Å²) >= 11 is 3.24. The van der Waals surface area contributed by atoms with Crippen molar-refractivity contribution in [3.8, 4) is 5.75 Å². The van der Waals surface area contributed by atoms with Crippen LogP contribution in [0.3, 0.4) is 0 Å². The van der Waals surface area contributed by atoms with Gasteiger partial charge < -0.3 is 10.5 Å². The van der Waals surface area contributed by atoms with Crippen molar-refractivity contribution in [3.63, 3.8) is 0 Å². The molecule has 7 heteroatoms. The molecule has 108 valence electrons. The lowest BCUT2D eigenvalue weighted by Gasteiger charge is -2.09. The van der Waals surface area contributed by atoms with E-state index in [2.05, 4.69) is 15.9 Å². The zero-order chi connectivity index (χ0) is 15.4. The molecule has 0 heterocycles. The number of halogens is 1. The van der Waals surface area contributed by atoms with E-state index < -0.39 is 4.92 Å². The number of hydrogen-bond acceptors (Lipinski definition) is 4. The van der Waals surface area contributed by atoms with E-state index in [1.54, 1.807) is 36.4 Å². The van der Waals surface area contributed by atoms with E-state index in [0.717, 1.165) is 5.56 Å². The molecule has 21 heavy (non-hydrogen) atoms. The molecule has 3 N–H and O–H groups in total. The van der Waals surface area contributed by atoms with Gasteiger partial charge in [-0.3, -0.25) is 15.5 Å². The third-order valence-electron chi connectivity index (χ3n) is 2.76. The number of nitro groups is 1. The van der Waals surface area contributed by atoms with Crippen LogP contribution in [0, 0.1) is 15.5 Å². The number of ether oxygens (including phenoxy) is 1. The van der Waals surface area contributed by atoms with E-state index in [4.69, 9.17) is 15.9 Å². The molecule has 2 rings (SSSR count). The smallest absolute Gasteiger partial charge is 0.312 e. The summed E-state index contributed by atoms with van der Waals surface area (Å²) in [5, 5.41) is 18.4. The zero-order valence-corrected chi connectivity index (χ0v) is 12.5. The van der Waals surface area contributed by atoms with Gasteiger partial charge >= 0.3 is 5.69 Å². The lowest BCUT2D eigenvalue weighted by atomic mass is 10.1. The van der Waals surface area contributed by atoms with Crippen molar-refractivity contribution in [2.24, 2.45) is 5.73 Å². The third-order valence-corrected chi connectivity index (χ3v) is 3.39. The van der Waals surface area contributed by atoms with Crippen LogP contribution in [0.1, 0.15) is 11.1 Å². The summed E-state index contributed by atoms with van der Waals surface area (Å²) in [6.45, 7) is 0.143. The number of nitro benzene ring substituents is 1. The van der Waals surface area contributed by atoms with Crippen LogP contribution in [0.4, 0.5) is 5.69 Å². The van der Waals surface area contributed by atoms with Gasteiger partial charge in [-0.25, -0.2) is 0 Å². The maximum atomic E-state index is 11.0. The summed E-state index contributed by atoms with van der Waals surface area (Å²) in [6.07, 6.45) is 0. The van der Waals surface area contributed by atoms with Crippen LogP contribution in [0.15, 0.2) is 46.9 Å². The topological polar surface area (TPSA) is 102 Å². The van der Waals surface area contributed by atoms with Crippen LogP contribution >= 0.6 is 15.9 Å². The summed E-state index contributed by atoms with van der Waals surface area (Å²) in [5.74, 6) is 0.138. The molecular formula is C14H12BrN3O3. The molecule has 0 aliphatic heterocycles. The summed E-state index contributed by atoms with van der Waals surface area (Å²) in [6, 6.07) is 11.6. The molecule has 0 atom stereocenters.